The lowest BCUT2D eigenvalue weighted by atomic mass is 9.79. The van der Waals surface area contributed by atoms with Gasteiger partial charge in [-0.3, -0.25) is 4.79 Å². The van der Waals surface area contributed by atoms with Crippen molar-refractivity contribution in [3.63, 3.8) is 0 Å². The molecular weight excluding hydrogens is 482 g/mol. The quantitative estimate of drug-likeness (QED) is 0.0426. The monoisotopic (exact) mass is 539 g/mol. The summed E-state index contributed by atoms with van der Waals surface area (Å²) in [6.07, 6.45) is 18.0. The van der Waals surface area contributed by atoms with Crippen molar-refractivity contribution in [1.82, 2.24) is 0 Å². The first kappa shape index (κ1) is 34.7. The minimum atomic E-state index is -0.441. The largest absolute Gasteiger partial charge is 0.463 e. The van der Waals surface area contributed by atoms with Gasteiger partial charge in [0.05, 0.1) is 25.4 Å². The van der Waals surface area contributed by atoms with Crippen molar-refractivity contribution >= 4 is 5.97 Å². The third-order valence-corrected chi connectivity index (χ3v) is 8.05. The number of hydrogen-bond acceptors (Lipinski definition) is 6. The van der Waals surface area contributed by atoms with Crippen molar-refractivity contribution in [2.45, 2.75) is 143 Å². The molecule has 0 aromatic rings. The summed E-state index contributed by atoms with van der Waals surface area (Å²) in [6, 6.07) is -0.399. The zero-order valence-electron chi connectivity index (χ0n) is 25.1. The Labute approximate surface area is 232 Å². The normalized spacial score (nSPS) is 24.1. The highest BCUT2D eigenvalue weighted by molar-refractivity contribution is 5.65. The first-order valence-corrected chi connectivity index (χ1v) is 15.4. The molecular formula is C30H57N3O5. The van der Waals surface area contributed by atoms with Crippen LogP contribution in [0, 0.1) is 17.8 Å². The van der Waals surface area contributed by atoms with Crippen LogP contribution >= 0.6 is 0 Å². The van der Waals surface area contributed by atoms with Crippen LogP contribution in [0.15, 0.2) is 5.11 Å². The fourth-order valence-corrected chi connectivity index (χ4v) is 5.08. The number of carbonyl (C=O) groups is 1. The van der Waals surface area contributed by atoms with Gasteiger partial charge in [-0.05, 0) is 23.8 Å². The topological polar surface area (TPSA) is 103 Å². The number of azide groups is 1. The minimum Gasteiger partial charge on any atom is -0.463 e. The van der Waals surface area contributed by atoms with E-state index in [2.05, 4.69) is 37.7 Å². The van der Waals surface area contributed by atoms with Crippen LogP contribution in [-0.4, -0.2) is 50.8 Å². The molecule has 1 fully saturated rings. The predicted octanol–water partition coefficient (Wildman–Crippen LogP) is 8.38. The van der Waals surface area contributed by atoms with Gasteiger partial charge in [-0.1, -0.05) is 116 Å². The number of hydrogen-bond donors (Lipinski definition) is 0. The van der Waals surface area contributed by atoms with Gasteiger partial charge < -0.3 is 18.9 Å². The Bertz CT molecular complexity index is 643. The maximum Gasteiger partial charge on any atom is 0.302 e. The standard InChI is InChI=1S/C30H57N3O5/c1-6-7-8-9-10-11-12-13-14-15-16-17-18-19-20-35-21-28(32-33-31)22-37-30-26(4)24(2)25(3)29(38-30)23-36-27(5)34/h24-26,28-30H,6-23H2,1-5H3/t24-,25-,26?,28?,29?,30+/m0/s1. The summed E-state index contributed by atoms with van der Waals surface area (Å²) in [5.41, 5.74) is 8.97. The Kier molecular flexibility index (Phi) is 20.5. The Hall–Kier alpha value is -1.34. The molecule has 8 nitrogen and oxygen atoms in total. The van der Waals surface area contributed by atoms with Crippen LogP contribution in [0.2, 0.25) is 0 Å². The zero-order chi connectivity index (χ0) is 28.0. The summed E-state index contributed by atoms with van der Waals surface area (Å²) >= 11 is 0. The predicted molar refractivity (Wildman–Crippen MR) is 153 cm³/mol. The third-order valence-electron chi connectivity index (χ3n) is 8.05. The van der Waals surface area contributed by atoms with Gasteiger partial charge in [0.1, 0.15) is 6.61 Å². The molecule has 1 rings (SSSR count). The summed E-state index contributed by atoms with van der Waals surface area (Å²) in [6.45, 7) is 11.5. The molecule has 0 bridgehead atoms. The van der Waals surface area contributed by atoms with Crippen LogP contribution in [0.1, 0.15) is 125 Å². The zero-order valence-corrected chi connectivity index (χ0v) is 25.1. The fourth-order valence-electron chi connectivity index (χ4n) is 5.08. The molecule has 0 aromatic heterocycles. The van der Waals surface area contributed by atoms with Gasteiger partial charge in [0.15, 0.2) is 6.29 Å². The van der Waals surface area contributed by atoms with Gasteiger partial charge in [-0.15, -0.1) is 0 Å². The molecule has 3 unspecified atom stereocenters. The molecule has 1 aliphatic heterocycles. The molecule has 222 valence electrons. The van der Waals surface area contributed by atoms with Crippen molar-refractivity contribution in [3.8, 4) is 0 Å². The van der Waals surface area contributed by atoms with Gasteiger partial charge in [0.25, 0.3) is 0 Å². The first-order chi connectivity index (χ1) is 18.4. The number of nitrogens with zero attached hydrogens (tertiary/aromatic N) is 3. The van der Waals surface area contributed by atoms with E-state index < -0.39 is 12.3 Å². The van der Waals surface area contributed by atoms with E-state index in [-0.39, 0.29) is 37.1 Å². The molecule has 1 saturated heterocycles. The number of unbranched alkanes of at least 4 members (excludes halogenated alkanes) is 13. The molecule has 0 amide bonds. The summed E-state index contributed by atoms with van der Waals surface area (Å²) in [5, 5.41) is 3.86. The number of carbonyl (C=O) groups excluding carboxylic acids is 1. The van der Waals surface area contributed by atoms with Crippen LogP contribution < -0.4 is 0 Å². The van der Waals surface area contributed by atoms with Crippen molar-refractivity contribution in [1.29, 1.82) is 0 Å². The fraction of sp³-hybridized carbons (Fsp3) is 0.967. The average Bonchev–Trinajstić information content (AvgIpc) is 2.90. The lowest BCUT2D eigenvalue weighted by Crippen LogP contribution is -2.48. The van der Waals surface area contributed by atoms with Crippen LogP contribution in [0.5, 0.6) is 0 Å². The molecule has 0 spiro atoms. The van der Waals surface area contributed by atoms with E-state index in [1.807, 2.05) is 0 Å². The molecule has 1 heterocycles. The first-order valence-electron chi connectivity index (χ1n) is 15.4. The Balaban J connectivity index is 2.13. The maximum absolute atomic E-state index is 11.2. The molecule has 38 heavy (non-hydrogen) atoms. The summed E-state index contributed by atoms with van der Waals surface area (Å²) < 4.78 is 23.1. The summed E-state index contributed by atoms with van der Waals surface area (Å²) in [7, 11) is 0. The van der Waals surface area contributed by atoms with E-state index >= 15 is 0 Å². The SMILES string of the molecule is CCCCCCCCCCCCCCCCOCC(CO[C@@H]1OC(COC(C)=O)[C@@H](C)[C@H](C)C1C)N=[N+]=[N-]. The number of rotatable bonds is 23. The van der Waals surface area contributed by atoms with Gasteiger partial charge in [0, 0.05) is 24.4 Å². The van der Waals surface area contributed by atoms with Gasteiger partial charge in [-0.25, -0.2) is 0 Å². The Morgan fingerprint density at radius 3 is 1.92 bits per heavy atom. The van der Waals surface area contributed by atoms with E-state index in [1.54, 1.807) is 0 Å². The lowest BCUT2D eigenvalue weighted by molar-refractivity contribution is -0.257. The second kappa shape index (κ2) is 22.5. The van der Waals surface area contributed by atoms with E-state index in [0.717, 1.165) is 6.42 Å². The molecule has 1 aliphatic rings. The van der Waals surface area contributed by atoms with Gasteiger partial charge in [0.2, 0.25) is 0 Å². The molecule has 0 saturated carbocycles. The highest BCUT2D eigenvalue weighted by Gasteiger charge is 2.40. The Morgan fingerprint density at radius 2 is 1.39 bits per heavy atom. The minimum absolute atomic E-state index is 0.168. The van der Waals surface area contributed by atoms with Crippen LogP contribution in [0.25, 0.3) is 10.4 Å². The second-order valence-corrected chi connectivity index (χ2v) is 11.3. The van der Waals surface area contributed by atoms with Crippen molar-refractivity contribution < 1.29 is 23.7 Å². The molecule has 0 aromatic carbocycles. The summed E-state index contributed by atoms with van der Waals surface area (Å²) in [4.78, 5) is 14.2. The van der Waals surface area contributed by atoms with E-state index in [4.69, 9.17) is 24.5 Å². The smallest absolute Gasteiger partial charge is 0.302 e. The van der Waals surface area contributed by atoms with Gasteiger partial charge >= 0.3 is 5.97 Å². The van der Waals surface area contributed by atoms with Crippen molar-refractivity contribution in [3.05, 3.63) is 10.4 Å². The lowest BCUT2D eigenvalue weighted by Gasteiger charge is -2.43. The molecule has 0 N–H and O–H groups in total. The molecule has 0 aliphatic carbocycles. The van der Waals surface area contributed by atoms with Crippen LogP contribution in [-0.2, 0) is 23.7 Å². The van der Waals surface area contributed by atoms with E-state index in [0.29, 0.717) is 19.1 Å². The third kappa shape index (κ3) is 15.9. The van der Waals surface area contributed by atoms with Gasteiger partial charge in [-0.2, -0.15) is 0 Å². The molecule has 6 atom stereocenters. The highest BCUT2D eigenvalue weighted by Crippen LogP contribution is 2.35. The van der Waals surface area contributed by atoms with Crippen LogP contribution in [0.4, 0.5) is 0 Å². The van der Waals surface area contributed by atoms with E-state index in [9.17, 15) is 4.79 Å². The van der Waals surface area contributed by atoms with Crippen molar-refractivity contribution in [2.75, 3.05) is 26.4 Å². The average molecular weight is 540 g/mol. The van der Waals surface area contributed by atoms with Crippen LogP contribution in [0.3, 0.4) is 0 Å². The number of ether oxygens (including phenoxy) is 4. The molecule has 8 heteroatoms. The maximum atomic E-state index is 11.2. The highest BCUT2D eigenvalue weighted by atomic mass is 16.7. The molecule has 0 radical (unpaired) electrons. The second-order valence-electron chi connectivity index (χ2n) is 11.3. The summed E-state index contributed by atoms with van der Waals surface area (Å²) in [5.74, 6) is 0.431. The van der Waals surface area contributed by atoms with E-state index in [1.165, 1.54) is 90.4 Å². The van der Waals surface area contributed by atoms with Crippen molar-refractivity contribution in [2.24, 2.45) is 22.9 Å². The Morgan fingerprint density at radius 1 is 0.842 bits per heavy atom. The number of esters is 1.